The smallest absolute Gasteiger partial charge is 0.261 e. The minimum Gasteiger partial charge on any atom is -0.337 e. The number of fused-ring (bicyclic) bond motifs is 1. The van der Waals surface area contributed by atoms with E-state index >= 15 is 0 Å². The van der Waals surface area contributed by atoms with Gasteiger partial charge in [-0.25, -0.2) is 4.98 Å². The SMILES string of the molecule is CC1NCCN(C(=O)CCn2cnc3ccccc3c2=O)C1C.Cl. The fourth-order valence-electron chi connectivity index (χ4n) is 3.03. The van der Waals surface area contributed by atoms with E-state index in [1.165, 1.54) is 10.9 Å². The molecule has 130 valence electrons. The Labute approximate surface area is 147 Å². The molecule has 1 N–H and O–H groups in total. The van der Waals surface area contributed by atoms with Crippen molar-refractivity contribution in [1.29, 1.82) is 0 Å². The van der Waals surface area contributed by atoms with Crippen molar-refractivity contribution in [3.63, 3.8) is 0 Å². The lowest BCUT2D eigenvalue weighted by Gasteiger charge is -2.38. The number of nitrogens with zero attached hydrogens (tertiary/aromatic N) is 3. The van der Waals surface area contributed by atoms with Crippen LogP contribution in [-0.2, 0) is 11.3 Å². The molecule has 0 spiro atoms. The van der Waals surface area contributed by atoms with Crippen molar-refractivity contribution in [3.8, 4) is 0 Å². The number of hydrogen-bond acceptors (Lipinski definition) is 4. The second-order valence-electron chi connectivity index (χ2n) is 6.08. The molecule has 0 aliphatic carbocycles. The van der Waals surface area contributed by atoms with Crippen molar-refractivity contribution in [3.05, 3.63) is 40.9 Å². The summed E-state index contributed by atoms with van der Waals surface area (Å²) in [5, 5.41) is 3.95. The minimum absolute atomic E-state index is 0. The van der Waals surface area contributed by atoms with Crippen LogP contribution in [0.4, 0.5) is 0 Å². The van der Waals surface area contributed by atoms with Crippen molar-refractivity contribution in [2.24, 2.45) is 0 Å². The molecule has 2 heterocycles. The first kappa shape index (κ1) is 18.4. The van der Waals surface area contributed by atoms with Gasteiger partial charge in [-0.15, -0.1) is 12.4 Å². The third-order valence-electron chi connectivity index (χ3n) is 4.65. The largest absolute Gasteiger partial charge is 0.337 e. The molecule has 1 amide bonds. The van der Waals surface area contributed by atoms with Crippen molar-refractivity contribution in [2.75, 3.05) is 13.1 Å². The predicted octanol–water partition coefficient (Wildman–Crippen LogP) is 1.42. The highest BCUT2D eigenvalue weighted by molar-refractivity contribution is 5.85. The lowest BCUT2D eigenvalue weighted by Crippen LogP contribution is -2.57. The van der Waals surface area contributed by atoms with Gasteiger partial charge < -0.3 is 10.2 Å². The molecule has 2 unspecified atom stereocenters. The van der Waals surface area contributed by atoms with Crippen molar-refractivity contribution in [1.82, 2.24) is 19.8 Å². The number of amides is 1. The van der Waals surface area contributed by atoms with Crippen LogP contribution in [-0.4, -0.2) is 45.5 Å². The van der Waals surface area contributed by atoms with Crippen LogP contribution in [0.1, 0.15) is 20.3 Å². The number of benzene rings is 1. The third kappa shape index (κ3) is 3.60. The van der Waals surface area contributed by atoms with E-state index < -0.39 is 0 Å². The summed E-state index contributed by atoms with van der Waals surface area (Å²) in [5.41, 5.74) is 0.592. The molecular weight excluding hydrogens is 328 g/mol. The highest BCUT2D eigenvalue weighted by Gasteiger charge is 2.27. The van der Waals surface area contributed by atoms with Gasteiger partial charge in [-0.2, -0.15) is 0 Å². The Kier molecular flexibility index (Phi) is 5.96. The topological polar surface area (TPSA) is 67.2 Å². The number of aromatic nitrogens is 2. The van der Waals surface area contributed by atoms with Crippen LogP contribution in [0.3, 0.4) is 0 Å². The van der Waals surface area contributed by atoms with Gasteiger partial charge in [0.25, 0.3) is 5.56 Å². The number of carbonyl (C=O) groups is 1. The van der Waals surface area contributed by atoms with E-state index in [0.717, 1.165) is 13.1 Å². The normalized spacial score (nSPS) is 20.7. The molecule has 1 aromatic heterocycles. The van der Waals surface area contributed by atoms with Gasteiger partial charge in [0.05, 0.1) is 17.2 Å². The molecule has 24 heavy (non-hydrogen) atoms. The monoisotopic (exact) mass is 350 g/mol. The molecule has 1 saturated heterocycles. The number of carbonyl (C=O) groups excluding carboxylic acids is 1. The maximum atomic E-state index is 12.5. The van der Waals surface area contributed by atoms with Gasteiger partial charge >= 0.3 is 0 Å². The Morgan fingerprint density at radius 2 is 2.08 bits per heavy atom. The minimum atomic E-state index is -0.0925. The van der Waals surface area contributed by atoms with Crippen molar-refractivity contribution >= 4 is 29.2 Å². The van der Waals surface area contributed by atoms with E-state index in [1.807, 2.05) is 23.1 Å². The first-order valence-corrected chi connectivity index (χ1v) is 8.05. The molecule has 0 radical (unpaired) electrons. The average molecular weight is 351 g/mol. The van der Waals surface area contributed by atoms with E-state index in [4.69, 9.17) is 0 Å². The zero-order valence-electron chi connectivity index (χ0n) is 13.9. The molecule has 0 bridgehead atoms. The third-order valence-corrected chi connectivity index (χ3v) is 4.65. The molecule has 3 rings (SSSR count). The number of nitrogens with one attached hydrogen (secondary N) is 1. The lowest BCUT2D eigenvalue weighted by atomic mass is 10.1. The molecule has 1 aliphatic rings. The summed E-state index contributed by atoms with van der Waals surface area (Å²) in [4.78, 5) is 31.1. The first-order valence-electron chi connectivity index (χ1n) is 8.05. The van der Waals surface area contributed by atoms with Gasteiger partial charge in [0.1, 0.15) is 0 Å². The Morgan fingerprint density at radius 3 is 2.88 bits per heavy atom. The zero-order chi connectivity index (χ0) is 16.4. The Hall–Kier alpha value is -1.92. The fourth-order valence-corrected chi connectivity index (χ4v) is 3.03. The quantitative estimate of drug-likeness (QED) is 0.909. The maximum absolute atomic E-state index is 12.5. The van der Waals surface area contributed by atoms with E-state index in [-0.39, 0.29) is 36.0 Å². The number of piperazine rings is 1. The summed E-state index contributed by atoms with van der Waals surface area (Å²) >= 11 is 0. The standard InChI is InChI=1S/C17H22N4O2.ClH/c1-12-13(2)21(10-8-18-12)16(22)7-9-20-11-19-15-6-4-3-5-14(15)17(20)23;/h3-6,11-13,18H,7-10H2,1-2H3;1H. The van der Waals surface area contributed by atoms with Crippen LogP contribution < -0.4 is 10.9 Å². The van der Waals surface area contributed by atoms with E-state index in [9.17, 15) is 9.59 Å². The average Bonchev–Trinajstić information content (AvgIpc) is 2.57. The van der Waals surface area contributed by atoms with Gasteiger partial charge in [0.2, 0.25) is 5.91 Å². The maximum Gasteiger partial charge on any atom is 0.261 e. The van der Waals surface area contributed by atoms with Crippen LogP contribution in [0.15, 0.2) is 35.4 Å². The summed E-state index contributed by atoms with van der Waals surface area (Å²) in [6, 6.07) is 7.72. The Morgan fingerprint density at radius 1 is 1.33 bits per heavy atom. The summed E-state index contributed by atoms with van der Waals surface area (Å²) in [5.74, 6) is 0.0888. The number of para-hydroxylation sites is 1. The molecule has 6 nitrogen and oxygen atoms in total. The Balaban J connectivity index is 0.00000208. The van der Waals surface area contributed by atoms with Crippen molar-refractivity contribution in [2.45, 2.75) is 38.9 Å². The number of hydrogen-bond donors (Lipinski definition) is 1. The summed E-state index contributed by atoms with van der Waals surface area (Å²) in [6.45, 7) is 6.03. The van der Waals surface area contributed by atoms with E-state index in [2.05, 4.69) is 24.1 Å². The van der Waals surface area contributed by atoms with E-state index in [1.54, 1.807) is 6.07 Å². The second kappa shape index (κ2) is 7.77. The number of aryl methyl sites for hydroxylation is 1. The molecule has 7 heteroatoms. The molecular formula is C17H23ClN4O2. The van der Waals surface area contributed by atoms with Crippen LogP contribution in [0, 0.1) is 0 Å². The van der Waals surface area contributed by atoms with Gasteiger partial charge in [-0.1, -0.05) is 12.1 Å². The van der Waals surface area contributed by atoms with Crippen molar-refractivity contribution < 1.29 is 4.79 Å². The number of rotatable bonds is 3. The molecule has 2 aromatic rings. The fraction of sp³-hybridized carbons (Fsp3) is 0.471. The van der Waals surface area contributed by atoms with Crippen LogP contribution in [0.25, 0.3) is 10.9 Å². The van der Waals surface area contributed by atoms with E-state index in [0.29, 0.717) is 23.9 Å². The van der Waals surface area contributed by atoms with Gasteiger partial charge in [0.15, 0.2) is 0 Å². The van der Waals surface area contributed by atoms with Gasteiger partial charge in [-0.05, 0) is 26.0 Å². The Bertz CT molecular complexity index is 777. The molecule has 1 fully saturated rings. The summed E-state index contributed by atoms with van der Waals surface area (Å²) in [7, 11) is 0. The van der Waals surface area contributed by atoms with Gasteiger partial charge in [0, 0.05) is 38.1 Å². The number of halogens is 1. The highest BCUT2D eigenvalue weighted by atomic mass is 35.5. The zero-order valence-corrected chi connectivity index (χ0v) is 14.8. The lowest BCUT2D eigenvalue weighted by molar-refractivity contribution is -0.135. The van der Waals surface area contributed by atoms with Crippen LogP contribution >= 0.6 is 12.4 Å². The molecule has 0 saturated carbocycles. The molecule has 1 aromatic carbocycles. The molecule has 1 aliphatic heterocycles. The first-order chi connectivity index (χ1) is 11.1. The van der Waals surface area contributed by atoms with Crippen LogP contribution in [0.5, 0.6) is 0 Å². The summed E-state index contributed by atoms with van der Waals surface area (Å²) in [6.07, 6.45) is 1.85. The summed E-state index contributed by atoms with van der Waals surface area (Å²) < 4.78 is 1.52. The van der Waals surface area contributed by atoms with Crippen LogP contribution in [0.2, 0.25) is 0 Å². The second-order valence-corrected chi connectivity index (χ2v) is 6.08. The highest BCUT2D eigenvalue weighted by Crippen LogP contribution is 2.11. The molecule has 2 atom stereocenters. The van der Waals surface area contributed by atoms with Gasteiger partial charge in [-0.3, -0.25) is 14.2 Å². The predicted molar refractivity (Wildman–Crippen MR) is 96.5 cm³/mol.